The number of methoxy groups -OCH3 is 1. The molecule has 2 bridgehead atoms. The fraction of sp³-hybridized carbons (Fsp3) is 0.923. The van der Waals surface area contributed by atoms with Crippen LogP contribution in [0.5, 0.6) is 0 Å². The first-order chi connectivity index (χ1) is 8.10. The second-order valence-electron chi connectivity index (χ2n) is 5.63. The summed E-state index contributed by atoms with van der Waals surface area (Å²) in [5.41, 5.74) is 0. The summed E-state index contributed by atoms with van der Waals surface area (Å²) in [6.45, 7) is 2.74. The molecule has 1 N–H and O–H groups in total. The van der Waals surface area contributed by atoms with E-state index < -0.39 is 0 Å². The predicted octanol–water partition coefficient (Wildman–Crippen LogP) is 1.01. The molecule has 98 valence electrons. The molecule has 2 rings (SSSR count). The van der Waals surface area contributed by atoms with Crippen LogP contribution in [-0.4, -0.2) is 49.7 Å². The third-order valence-electron chi connectivity index (χ3n) is 4.24. The van der Waals surface area contributed by atoms with Crippen molar-refractivity contribution >= 4 is 5.97 Å². The van der Waals surface area contributed by atoms with Gasteiger partial charge in [-0.3, -0.25) is 4.79 Å². The molecule has 2 fully saturated rings. The Labute approximate surface area is 104 Å². The van der Waals surface area contributed by atoms with Gasteiger partial charge in [0.25, 0.3) is 0 Å². The Morgan fingerprint density at radius 1 is 1.41 bits per heavy atom. The Bertz CT molecular complexity index is 271. The first kappa shape index (κ1) is 12.8. The Kier molecular flexibility index (Phi) is 4.05. The number of carbonyl (C=O) groups excluding carboxylic acids is 1. The number of carbonyl (C=O) groups is 1. The standard InChI is InChI=1S/C13H24N2O2/c1-9(13(16)17-3)8-15(2)12-6-10-4-5-11(7-12)14-10/h9-12,14H,4-8H2,1-3H3. The van der Waals surface area contributed by atoms with Crippen LogP contribution in [0.3, 0.4) is 0 Å². The topological polar surface area (TPSA) is 41.6 Å². The van der Waals surface area contributed by atoms with E-state index in [4.69, 9.17) is 4.74 Å². The maximum Gasteiger partial charge on any atom is 0.309 e. The number of piperidine rings is 1. The van der Waals surface area contributed by atoms with Gasteiger partial charge >= 0.3 is 5.97 Å². The molecule has 4 nitrogen and oxygen atoms in total. The molecule has 0 spiro atoms. The van der Waals surface area contributed by atoms with Crippen LogP contribution in [0.2, 0.25) is 0 Å². The number of hydrogen-bond donors (Lipinski definition) is 1. The third-order valence-corrected chi connectivity index (χ3v) is 4.24. The zero-order chi connectivity index (χ0) is 12.4. The first-order valence-corrected chi connectivity index (χ1v) is 6.64. The van der Waals surface area contributed by atoms with Crippen LogP contribution < -0.4 is 5.32 Å². The van der Waals surface area contributed by atoms with Gasteiger partial charge in [0, 0.05) is 24.7 Å². The zero-order valence-corrected chi connectivity index (χ0v) is 11.1. The molecule has 2 saturated heterocycles. The number of ether oxygens (including phenoxy) is 1. The van der Waals surface area contributed by atoms with E-state index >= 15 is 0 Å². The minimum absolute atomic E-state index is 0.0301. The molecule has 2 heterocycles. The van der Waals surface area contributed by atoms with Crippen molar-refractivity contribution in [1.29, 1.82) is 0 Å². The van der Waals surface area contributed by atoms with Crippen molar-refractivity contribution in [3.63, 3.8) is 0 Å². The van der Waals surface area contributed by atoms with Crippen molar-refractivity contribution in [2.45, 2.75) is 50.7 Å². The minimum Gasteiger partial charge on any atom is -0.469 e. The maximum atomic E-state index is 11.4. The molecule has 3 atom stereocenters. The van der Waals surface area contributed by atoms with Crippen LogP contribution in [0.1, 0.15) is 32.6 Å². The lowest BCUT2D eigenvalue weighted by Crippen LogP contribution is -2.48. The summed E-state index contributed by atoms with van der Waals surface area (Å²) in [7, 11) is 3.60. The van der Waals surface area contributed by atoms with Crippen LogP contribution in [0.25, 0.3) is 0 Å². The van der Waals surface area contributed by atoms with Gasteiger partial charge in [-0.1, -0.05) is 6.92 Å². The number of nitrogens with one attached hydrogen (secondary N) is 1. The van der Waals surface area contributed by atoms with Gasteiger partial charge in [0.05, 0.1) is 13.0 Å². The normalized spacial score (nSPS) is 33.8. The molecule has 17 heavy (non-hydrogen) atoms. The molecule has 0 radical (unpaired) electrons. The number of fused-ring (bicyclic) bond motifs is 2. The van der Waals surface area contributed by atoms with Gasteiger partial charge in [0.1, 0.15) is 0 Å². The quantitative estimate of drug-likeness (QED) is 0.745. The monoisotopic (exact) mass is 240 g/mol. The molecule has 2 aliphatic rings. The maximum absolute atomic E-state index is 11.4. The fourth-order valence-corrected chi connectivity index (χ4v) is 3.24. The van der Waals surface area contributed by atoms with Crippen LogP contribution in [0, 0.1) is 5.92 Å². The second-order valence-corrected chi connectivity index (χ2v) is 5.63. The van der Waals surface area contributed by atoms with E-state index in [1.807, 2.05) is 6.92 Å². The Balaban J connectivity index is 1.83. The number of hydrogen-bond acceptors (Lipinski definition) is 4. The van der Waals surface area contributed by atoms with Gasteiger partial charge in [0.2, 0.25) is 0 Å². The minimum atomic E-state index is -0.103. The Morgan fingerprint density at radius 2 is 2.00 bits per heavy atom. The highest BCUT2D eigenvalue weighted by atomic mass is 16.5. The highest BCUT2D eigenvalue weighted by Gasteiger charge is 2.35. The van der Waals surface area contributed by atoms with Crippen molar-refractivity contribution in [2.24, 2.45) is 5.92 Å². The van der Waals surface area contributed by atoms with E-state index in [2.05, 4.69) is 17.3 Å². The number of esters is 1. The highest BCUT2D eigenvalue weighted by Crippen LogP contribution is 2.29. The van der Waals surface area contributed by atoms with E-state index in [9.17, 15) is 4.79 Å². The van der Waals surface area contributed by atoms with E-state index in [0.717, 1.165) is 6.54 Å². The summed E-state index contributed by atoms with van der Waals surface area (Å²) >= 11 is 0. The lowest BCUT2D eigenvalue weighted by Gasteiger charge is -2.36. The predicted molar refractivity (Wildman–Crippen MR) is 66.8 cm³/mol. The van der Waals surface area contributed by atoms with Crippen LogP contribution >= 0.6 is 0 Å². The smallest absolute Gasteiger partial charge is 0.309 e. The summed E-state index contributed by atoms with van der Waals surface area (Å²) in [5.74, 6) is -0.133. The van der Waals surface area contributed by atoms with E-state index in [0.29, 0.717) is 18.1 Å². The van der Waals surface area contributed by atoms with E-state index in [-0.39, 0.29) is 11.9 Å². The molecule has 0 aromatic rings. The number of rotatable bonds is 4. The van der Waals surface area contributed by atoms with Crippen LogP contribution in [-0.2, 0) is 9.53 Å². The molecule has 0 aromatic heterocycles. The van der Waals surface area contributed by atoms with Gasteiger partial charge in [-0.2, -0.15) is 0 Å². The fourth-order valence-electron chi connectivity index (χ4n) is 3.24. The van der Waals surface area contributed by atoms with Crippen molar-refractivity contribution in [2.75, 3.05) is 20.7 Å². The average Bonchev–Trinajstić information content (AvgIpc) is 2.66. The summed E-state index contributed by atoms with van der Waals surface area (Å²) in [5, 5.41) is 3.64. The SMILES string of the molecule is COC(=O)C(C)CN(C)C1CC2CCC(C1)N2. The van der Waals surface area contributed by atoms with E-state index in [1.54, 1.807) is 0 Å². The summed E-state index contributed by atoms with van der Waals surface area (Å²) in [6, 6.07) is 2.03. The highest BCUT2D eigenvalue weighted by molar-refractivity contribution is 5.72. The van der Waals surface area contributed by atoms with Gasteiger partial charge in [-0.15, -0.1) is 0 Å². The molecular weight excluding hydrogens is 216 g/mol. The summed E-state index contributed by atoms with van der Waals surface area (Å²) in [4.78, 5) is 13.8. The Hall–Kier alpha value is -0.610. The molecule has 0 amide bonds. The largest absolute Gasteiger partial charge is 0.469 e. The van der Waals surface area contributed by atoms with Crippen LogP contribution in [0.15, 0.2) is 0 Å². The van der Waals surface area contributed by atoms with Gasteiger partial charge in [-0.25, -0.2) is 0 Å². The van der Waals surface area contributed by atoms with Crippen molar-refractivity contribution in [3.05, 3.63) is 0 Å². The lowest BCUT2D eigenvalue weighted by atomic mass is 9.97. The zero-order valence-electron chi connectivity index (χ0n) is 11.1. The Morgan fingerprint density at radius 3 is 2.53 bits per heavy atom. The average molecular weight is 240 g/mol. The van der Waals surface area contributed by atoms with E-state index in [1.165, 1.54) is 32.8 Å². The second kappa shape index (κ2) is 5.36. The van der Waals surface area contributed by atoms with Crippen molar-refractivity contribution < 1.29 is 9.53 Å². The number of nitrogens with zero attached hydrogens (tertiary/aromatic N) is 1. The molecule has 2 aliphatic heterocycles. The molecule has 0 saturated carbocycles. The third kappa shape index (κ3) is 2.99. The van der Waals surface area contributed by atoms with Crippen molar-refractivity contribution in [1.82, 2.24) is 10.2 Å². The molecule has 0 aliphatic carbocycles. The molecule has 3 unspecified atom stereocenters. The molecule has 0 aromatic carbocycles. The van der Waals surface area contributed by atoms with Gasteiger partial charge in [-0.05, 0) is 32.7 Å². The van der Waals surface area contributed by atoms with Gasteiger partial charge in [0.15, 0.2) is 0 Å². The molecular formula is C13H24N2O2. The first-order valence-electron chi connectivity index (χ1n) is 6.64. The summed E-state index contributed by atoms with van der Waals surface area (Å²) in [6.07, 6.45) is 5.09. The van der Waals surface area contributed by atoms with Gasteiger partial charge < -0.3 is 15.0 Å². The summed E-state index contributed by atoms with van der Waals surface area (Å²) < 4.78 is 4.78. The molecule has 4 heteroatoms. The van der Waals surface area contributed by atoms with Crippen molar-refractivity contribution in [3.8, 4) is 0 Å². The van der Waals surface area contributed by atoms with Crippen LogP contribution in [0.4, 0.5) is 0 Å². The lowest BCUT2D eigenvalue weighted by molar-refractivity contribution is -0.145.